The average Bonchev–Trinajstić information content (AvgIpc) is 2.52. The highest BCUT2D eigenvalue weighted by atomic mass is 79.9. The molecular formula is C12BrCl7O2. The summed E-state index contributed by atoms with van der Waals surface area (Å²) in [4.78, 5) is 0. The lowest BCUT2D eigenvalue weighted by Crippen LogP contribution is -2.03. The van der Waals surface area contributed by atoms with Crippen LogP contribution in [0.2, 0.25) is 35.2 Å². The van der Waals surface area contributed by atoms with Crippen molar-refractivity contribution < 1.29 is 9.47 Å². The third-order valence-corrected chi connectivity index (χ3v) is 6.84. The summed E-state index contributed by atoms with van der Waals surface area (Å²) in [5, 5.41) is 0.494. The van der Waals surface area contributed by atoms with Gasteiger partial charge in [-0.25, -0.2) is 0 Å². The summed E-state index contributed by atoms with van der Waals surface area (Å²) in [5.74, 6) is 0.513. The molecule has 0 aromatic heterocycles. The number of rotatable bonds is 0. The lowest BCUT2D eigenvalue weighted by molar-refractivity contribution is 0.358. The van der Waals surface area contributed by atoms with Crippen LogP contribution >= 0.6 is 97.1 Å². The van der Waals surface area contributed by atoms with Gasteiger partial charge >= 0.3 is 0 Å². The van der Waals surface area contributed by atoms with Gasteiger partial charge in [-0.2, -0.15) is 0 Å². The normalized spacial score (nSPS) is 12.4. The second kappa shape index (κ2) is 6.12. The summed E-state index contributed by atoms with van der Waals surface area (Å²) < 4.78 is 11.7. The maximum Gasteiger partial charge on any atom is 0.191 e. The summed E-state index contributed by atoms with van der Waals surface area (Å²) in [6, 6.07) is 0. The highest BCUT2D eigenvalue weighted by Crippen LogP contribution is 2.61. The Morgan fingerprint density at radius 2 is 0.773 bits per heavy atom. The average molecular weight is 504 g/mol. The lowest BCUT2D eigenvalue weighted by atomic mass is 10.2. The molecule has 116 valence electrons. The van der Waals surface area contributed by atoms with Gasteiger partial charge in [-0.1, -0.05) is 81.2 Å². The molecular weight excluding hydrogens is 504 g/mol. The van der Waals surface area contributed by atoms with Crippen LogP contribution < -0.4 is 9.47 Å². The molecule has 0 unspecified atom stereocenters. The molecule has 0 saturated carbocycles. The molecule has 0 spiro atoms. The van der Waals surface area contributed by atoms with Crippen molar-refractivity contribution in [3.63, 3.8) is 0 Å². The molecule has 2 aromatic rings. The monoisotopic (exact) mass is 500 g/mol. The fourth-order valence-electron chi connectivity index (χ4n) is 1.75. The van der Waals surface area contributed by atoms with Gasteiger partial charge in [-0.05, 0) is 15.9 Å². The Kier molecular flexibility index (Phi) is 4.84. The summed E-state index contributed by atoms with van der Waals surface area (Å²) in [7, 11) is 0. The van der Waals surface area contributed by atoms with Crippen molar-refractivity contribution in [3.8, 4) is 23.0 Å². The van der Waals surface area contributed by atoms with E-state index in [2.05, 4.69) is 15.9 Å². The molecule has 2 aromatic carbocycles. The van der Waals surface area contributed by atoms with E-state index in [1.54, 1.807) is 0 Å². The fourth-order valence-corrected chi connectivity index (χ4v) is 3.85. The number of benzene rings is 2. The molecule has 0 atom stereocenters. The van der Waals surface area contributed by atoms with Crippen LogP contribution in [0.25, 0.3) is 0 Å². The Morgan fingerprint density at radius 3 is 1.23 bits per heavy atom. The van der Waals surface area contributed by atoms with E-state index < -0.39 is 0 Å². The third-order valence-electron chi connectivity index (χ3n) is 2.77. The van der Waals surface area contributed by atoms with Gasteiger partial charge in [0.05, 0.1) is 24.6 Å². The standard InChI is InChI=1S/C12BrCl7O2/c13-1-2(14)3(15)6(18)10-9(1)21-11-7(19)4(16)5(17)8(20)12(11)22-10. The molecule has 2 nitrogen and oxygen atoms in total. The zero-order valence-corrected chi connectivity index (χ0v) is 16.7. The van der Waals surface area contributed by atoms with Crippen LogP contribution in [0.3, 0.4) is 0 Å². The predicted octanol–water partition coefficient (Wildman–Crippen LogP) is 8.92. The van der Waals surface area contributed by atoms with Crippen LogP contribution in [0.4, 0.5) is 0 Å². The summed E-state index contributed by atoms with van der Waals surface area (Å²) in [6.07, 6.45) is 0. The second-order valence-corrected chi connectivity index (χ2v) is 7.47. The van der Waals surface area contributed by atoms with Crippen molar-refractivity contribution in [1.29, 1.82) is 0 Å². The van der Waals surface area contributed by atoms with Crippen molar-refractivity contribution in [2.45, 2.75) is 0 Å². The first-order valence-electron chi connectivity index (χ1n) is 5.33. The van der Waals surface area contributed by atoms with E-state index in [-0.39, 0.29) is 58.2 Å². The van der Waals surface area contributed by atoms with E-state index >= 15 is 0 Å². The maximum atomic E-state index is 6.14. The minimum atomic E-state index is 0.0365. The number of ether oxygens (including phenoxy) is 2. The van der Waals surface area contributed by atoms with Gasteiger partial charge in [0.15, 0.2) is 23.0 Å². The number of halogens is 8. The van der Waals surface area contributed by atoms with Crippen LogP contribution in [0.5, 0.6) is 23.0 Å². The first-order chi connectivity index (χ1) is 10.3. The van der Waals surface area contributed by atoms with Gasteiger partial charge in [0.2, 0.25) is 0 Å². The third kappa shape index (κ3) is 2.46. The predicted molar refractivity (Wildman–Crippen MR) is 95.8 cm³/mol. The van der Waals surface area contributed by atoms with Crippen LogP contribution in [0.15, 0.2) is 4.47 Å². The second-order valence-electron chi connectivity index (χ2n) is 4.03. The van der Waals surface area contributed by atoms with E-state index in [1.807, 2.05) is 0 Å². The molecule has 3 rings (SSSR count). The van der Waals surface area contributed by atoms with Gasteiger partial charge in [-0.3, -0.25) is 0 Å². The molecule has 0 radical (unpaired) electrons. The van der Waals surface area contributed by atoms with E-state index in [0.29, 0.717) is 4.47 Å². The minimum Gasteiger partial charge on any atom is -0.446 e. The molecule has 10 heteroatoms. The van der Waals surface area contributed by atoms with Gasteiger partial charge in [0, 0.05) is 0 Å². The Bertz CT molecular complexity index is 702. The molecule has 1 heterocycles. The number of fused-ring (bicyclic) bond motifs is 2. The summed E-state index contributed by atoms with van der Waals surface area (Å²) in [5.41, 5.74) is 0. The van der Waals surface area contributed by atoms with Crippen molar-refractivity contribution in [2.24, 2.45) is 0 Å². The van der Waals surface area contributed by atoms with Crippen molar-refractivity contribution >= 4 is 97.1 Å². The molecule has 0 amide bonds. The van der Waals surface area contributed by atoms with Crippen molar-refractivity contribution in [2.75, 3.05) is 0 Å². The molecule has 0 N–H and O–H groups in total. The fraction of sp³-hybridized carbons (Fsp3) is 0. The van der Waals surface area contributed by atoms with E-state index in [0.717, 1.165) is 0 Å². The van der Waals surface area contributed by atoms with E-state index in [1.165, 1.54) is 0 Å². The van der Waals surface area contributed by atoms with Gasteiger partial charge in [0.25, 0.3) is 0 Å². The van der Waals surface area contributed by atoms with Gasteiger partial charge in [-0.15, -0.1) is 0 Å². The van der Waals surface area contributed by atoms with E-state index in [9.17, 15) is 0 Å². The van der Waals surface area contributed by atoms with Crippen LogP contribution in [-0.4, -0.2) is 0 Å². The first kappa shape index (κ1) is 17.4. The highest BCUT2D eigenvalue weighted by molar-refractivity contribution is 9.10. The smallest absolute Gasteiger partial charge is 0.191 e. The SMILES string of the molecule is Clc1c(Cl)c(Cl)c2c(c1Cl)Oc1c(Cl)c(Cl)c(Cl)c(Br)c1O2. The lowest BCUT2D eigenvalue weighted by Gasteiger charge is -2.25. The Balaban J connectivity index is 2.32. The summed E-state index contributed by atoms with van der Waals surface area (Å²) in [6.45, 7) is 0. The van der Waals surface area contributed by atoms with Crippen molar-refractivity contribution in [1.82, 2.24) is 0 Å². The zero-order valence-electron chi connectivity index (χ0n) is 9.84. The highest BCUT2D eigenvalue weighted by Gasteiger charge is 2.33. The Morgan fingerprint density at radius 1 is 0.455 bits per heavy atom. The van der Waals surface area contributed by atoms with Crippen LogP contribution in [-0.2, 0) is 0 Å². The van der Waals surface area contributed by atoms with E-state index in [4.69, 9.17) is 90.7 Å². The molecule has 0 bridgehead atoms. The van der Waals surface area contributed by atoms with Crippen molar-refractivity contribution in [3.05, 3.63) is 39.6 Å². The Labute approximate surface area is 168 Å². The largest absolute Gasteiger partial charge is 0.446 e. The zero-order chi connectivity index (χ0) is 16.3. The quantitative estimate of drug-likeness (QED) is 0.225. The number of hydrogen-bond donors (Lipinski definition) is 0. The van der Waals surface area contributed by atoms with Crippen LogP contribution in [0, 0.1) is 0 Å². The first-order valence-corrected chi connectivity index (χ1v) is 8.77. The minimum absolute atomic E-state index is 0.0365. The molecule has 0 fully saturated rings. The molecule has 1 aliphatic rings. The molecule has 1 aliphatic heterocycles. The number of hydrogen-bond acceptors (Lipinski definition) is 2. The topological polar surface area (TPSA) is 18.5 Å². The Hall–Kier alpha value is 0.550. The molecule has 22 heavy (non-hydrogen) atoms. The molecule has 0 aliphatic carbocycles. The van der Waals surface area contributed by atoms with Gasteiger partial charge < -0.3 is 9.47 Å². The van der Waals surface area contributed by atoms with Crippen LogP contribution in [0.1, 0.15) is 0 Å². The molecule has 0 saturated heterocycles. The summed E-state index contributed by atoms with van der Waals surface area (Å²) >= 11 is 45.8. The maximum absolute atomic E-state index is 6.14. The van der Waals surface area contributed by atoms with Gasteiger partial charge in [0.1, 0.15) is 15.1 Å².